The first-order valence-corrected chi connectivity index (χ1v) is 9.84. The maximum absolute atomic E-state index is 12.8. The number of hydrogen-bond acceptors (Lipinski definition) is 7. The summed E-state index contributed by atoms with van der Waals surface area (Å²) in [6.45, 7) is 4.53. The fourth-order valence-corrected chi connectivity index (χ4v) is 3.42. The minimum absolute atomic E-state index is 0.0184. The van der Waals surface area contributed by atoms with Crippen LogP contribution in [0.3, 0.4) is 0 Å². The molecule has 0 radical (unpaired) electrons. The van der Waals surface area contributed by atoms with E-state index in [1.165, 1.54) is 0 Å². The van der Waals surface area contributed by atoms with Gasteiger partial charge in [0.05, 0.1) is 7.11 Å². The van der Waals surface area contributed by atoms with Crippen LogP contribution in [0.25, 0.3) is 0 Å². The van der Waals surface area contributed by atoms with E-state index in [1.54, 1.807) is 19.4 Å². The van der Waals surface area contributed by atoms with Gasteiger partial charge in [-0.3, -0.25) is 4.79 Å². The number of aryl methyl sites for hydroxylation is 1. The Hall–Kier alpha value is -3.68. The molecule has 1 aliphatic rings. The lowest BCUT2D eigenvalue weighted by molar-refractivity contribution is 0.0746. The molecule has 0 spiro atoms. The molecule has 8 nitrogen and oxygen atoms in total. The van der Waals surface area contributed by atoms with E-state index >= 15 is 0 Å². The zero-order chi connectivity index (χ0) is 20.9. The van der Waals surface area contributed by atoms with Crippen LogP contribution in [0.1, 0.15) is 16.2 Å². The zero-order valence-electron chi connectivity index (χ0n) is 17.1. The van der Waals surface area contributed by atoms with Gasteiger partial charge in [0.1, 0.15) is 29.0 Å². The van der Waals surface area contributed by atoms with Crippen molar-refractivity contribution in [1.82, 2.24) is 19.9 Å². The van der Waals surface area contributed by atoms with Gasteiger partial charge >= 0.3 is 0 Å². The fourth-order valence-electron chi connectivity index (χ4n) is 3.42. The molecular formula is C22H24N6O2. The molecule has 0 bridgehead atoms. The highest BCUT2D eigenvalue weighted by Gasteiger charge is 2.23. The highest BCUT2D eigenvalue weighted by Crippen LogP contribution is 2.21. The molecule has 8 heteroatoms. The van der Waals surface area contributed by atoms with Gasteiger partial charge in [0.15, 0.2) is 0 Å². The lowest BCUT2D eigenvalue weighted by Crippen LogP contribution is -2.49. The van der Waals surface area contributed by atoms with E-state index in [0.717, 1.165) is 11.6 Å². The number of anilines is 3. The molecule has 4 rings (SSSR count). The Bertz CT molecular complexity index is 1020. The van der Waals surface area contributed by atoms with Crippen molar-refractivity contribution in [3.05, 3.63) is 66.1 Å². The van der Waals surface area contributed by atoms with Crippen LogP contribution in [0, 0.1) is 6.92 Å². The van der Waals surface area contributed by atoms with E-state index in [0.29, 0.717) is 49.1 Å². The molecule has 3 aromatic rings. The largest absolute Gasteiger partial charge is 0.497 e. The predicted octanol–water partition coefficient (Wildman–Crippen LogP) is 2.89. The van der Waals surface area contributed by atoms with Crippen LogP contribution in [0.15, 0.2) is 54.7 Å². The monoisotopic (exact) mass is 404 g/mol. The number of nitrogens with zero attached hydrogens (tertiary/aromatic N) is 5. The predicted molar refractivity (Wildman–Crippen MR) is 115 cm³/mol. The number of hydrogen-bond donors (Lipinski definition) is 1. The Balaban J connectivity index is 1.43. The second-order valence-electron chi connectivity index (χ2n) is 7.01. The highest BCUT2D eigenvalue weighted by molar-refractivity contribution is 5.94. The van der Waals surface area contributed by atoms with Gasteiger partial charge in [0, 0.05) is 44.0 Å². The summed E-state index contributed by atoms with van der Waals surface area (Å²) in [5.41, 5.74) is 0.641. The number of methoxy groups -OCH3 is 1. The zero-order valence-corrected chi connectivity index (χ0v) is 17.1. The van der Waals surface area contributed by atoms with Gasteiger partial charge in [-0.25, -0.2) is 15.0 Å². The Labute approximate surface area is 175 Å². The van der Waals surface area contributed by atoms with Gasteiger partial charge in [-0.2, -0.15) is 0 Å². The summed E-state index contributed by atoms with van der Waals surface area (Å²) in [6, 6.07) is 14.9. The molecule has 154 valence electrons. The Morgan fingerprint density at radius 1 is 1.00 bits per heavy atom. The summed E-state index contributed by atoms with van der Waals surface area (Å²) in [7, 11) is 1.60. The molecule has 0 atom stereocenters. The maximum atomic E-state index is 12.8. The van der Waals surface area contributed by atoms with Crippen LogP contribution >= 0.6 is 0 Å². The number of carbonyl (C=O) groups is 1. The number of ether oxygens (including phenoxy) is 1. The standard InChI is InChI=1S/C22H24N6O2/c1-16-24-20(26-19-8-3-4-9-23-19)15-21(25-16)27-10-12-28(13-11-27)22(29)17-6-5-7-18(14-17)30-2/h3-9,14-15H,10-13H2,1-2H3,(H,23,24,25,26). The van der Waals surface area contributed by atoms with E-state index in [1.807, 2.05) is 54.3 Å². The van der Waals surface area contributed by atoms with Crippen molar-refractivity contribution in [1.29, 1.82) is 0 Å². The molecular weight excluding hydrogens is 380 g/mol. The topological polar surface area (TPSA) is 83.5 Å². The van der Waals surface area contributed by atoms with E-state index < -0.39 is 0 Å². The lowest BCUT2D eigenvalue weighted by Gasteiger charge is -2.35. The number of benzene rings is 1. The summed E-state index contributed by atoms with van der Waals surface area (Å²) in [5.74, 6) is 3.66. The van der Waals surface area contributed by atoms with Gasteiger partial charge in [0.2, 0.25) is 0 Å². The third kappa shape index (κ3) is 4.48. The normalized spacial score (nSPS) is 13.8. The van der Waals surface area contributed by atoms with E-state index in [-0.39, 0.29) is 5.91 Å². The summed E-state index contributed by atoms with van der Waals surface area (Å²) < 4.78 is 5.23. The van der Waals surface area contributed by atoms with Crippen molar-refractivity contribution < 1.29 is 9.53 Å². The molecule has 0 saturated carbocycles. The summed E-state index contributed by atoms with van der Waals surface area (Å²) in [4.78, 5) is 30.2. The molecule has 1 amide bonds. The SMILES string of the molecule is COc1cccc(C(=O)N2CCN(c3cc(Nc4ccccn4)nc(C)n3)CC2)c1. The number of amides is 1. The third-order valence-electron chi connectivity index (χ3n) is 4.95. The van der Waals surface area contributed by atoms with Crippen molar-refractivity contribution in [3.8, 4) is 5.75 Å². The van der Waals surface area contributed by atoms with Crippen LogP contribution in [0.4, 0.5) is 17.5 Å². The highest BCUT2D eigenvalue weighted by atomic mass is 16.5. The van der Waals surface area contributed by atoms with Crippen molar-refractivity contribution >= 4 is 23.4 Å². The van der Waals surface area contributed by atoms with Crippen molar-refractivity contribution in [2.45, 2.75) is 6.92 Å². The van der Waals surface area contributed by atoms with Crippen molar-refractivity contribution in [2.75, 3.05) is 43.5 Å². The number of rotatable bonds is 5. The van der Waals surface area contributed by atoms with Crippen LogP contribution < -0.4 is 15.0 Å². The van der Waals surface area contributed by atoms with Gasteiger partial charge in [-0.1, -0.05) is 12.1 Å². The summed E-state index contributed by atoms with van der Waals surface area (Å²) in [5, 5.41) is 3.22. The minimum atomic E-state index is 0.0184. The number of carbonyl (C=O) groups excluding carboxylic acids is 1. The Morgan fingerprint density at radius 2 is 1.83 bits per heavy atom. The van der Waals surface area contributed by atoms with Crippen molar-refractivity contribution in [3.63, 3.8) is 0 Å². The lowest BCUT2D eigenvalue weighted by atomic mass is 10.1. The van der Waals surface area contributed by atoms with Gasteiger partial charge in [-0.05, 0) is 37.3 Å². The number of nitrogens with one attached hydrogen (secondary N) is 1. The summed E-state index contributed by atoms with van der Waals surface area (Å²) in [6.07, 6.45) is 1.73. The van der Waals surface area contributed by atoms with Gasteiger partial charge in [-0.15, -0.1) is 0 Å². The Morgan fingerprint density at radius 3 is 2.57 bits per heavy atom. The minimum Gasteiger partial charge on any atom is -0.497 e. The molecule has 0 unspecified atom stereocenters. The average molecular weight is 404 g/mol. The number of pyridine rings is 1. The van der Waals surface area contributed by atoms with Crippen LogP contribution in [-0.4, -0.2) is 59.0 Å². The number of aromatic nitrogens is 3. The molecule has 1 aliphatic heterocycles. The quantitative estimate of drug-likeness (QED) is 0.700. The first-order chi connectivity index (χ1) is 14.6. The molecule has 3 heterocycles. The van der Waals surface area contributed by atoms with Crippen LogP contribution in [0.5, 0.6) is 5.75 Å². The molecule has 1 fully saturated rings. The molecule has 0 aliphatic carbocycles. The first-order valence-electron chi connectivity index (χ1n) is 9.84. The fraction of sp³-hybridized carbons (Fsp3) is 0.273. The summed E-state index contributed by atoms with van der Waals surface area (Å²) >= 11 is 0. The second kappa shape index (κ2) is 8.77. The van der Waals surface area contributed by atoms with E-state index in [4.69, 9.17) is 4.74 Å². The van der Waals surface area contributed by atoms with Crippen LogP contribution in [-0.2, 0) is 0 Å². The Kier molecular flexibility index (Phi) is 5.74. The first kappa shape index (κ1) is 19.6. The molecule has 1 saturated heterocycles. The third-order valence-corrected chi connectivity index (χ3v) is 4.95. The van der Waals surface area contributed by atoms with E-state index in [2.05, 4.69) is 25.2 Å². The maximum Gasteiger partial charge on any atom is 0.254 e. The van der Waals surface area contributed by atoms with Crippen LogP contribution in [0.2, 0.25) is 0 Å². The molecule has 30 heavy (non-hydrogen) atoms. The smallest absolute Gasteiger partial charge is 0.254 e. The van der Waals surface area contributed by atoms with Gasteiger partial charge in [0.25, 0.3) is 5.91 Å². The molecule has 2 aromatic heterocycles. The molecule has 1 aromatic carbocycles. The van der Waals surface area contributed by atoms with Gasteiger partial charge < -0.3 is 19.9 Å². The average Bonchev–Trinajstić information content (AvgIpc) is 2.79. The second-order valence-corrected chi connectivity index (χ2v) is 7.01. The number of piperazine rings is 1. The van der Waals surface area contributed by atoms with E-state index in [9.17, 15) is 4.79 Å². The molecule has 1 N–H and O–H groups in total. The van der Waals surface area contributed by atoms with Crippen molar-refractivity contribution in [2.24, 2.45) is 0 Å².